The number of likely N-dealkylation sites (tertiary alicyclic amines) is 1. The largest absolute Gasteiger partial charge is 0.369 e. The van der Waals surface area contributed by atoms with Crippen LogP contribution in [0.25, 0.3) is 11.4 Å². The normalized spacial score (nSPS) is 21.8. The summed E-state index contributed by atoms with van der Waals surface area (Å²) in [5.74, 6) is 0.839. The van der Waals surface area contributed by atoms with E-state index in [1.807, 2.05) is 12.1 Å². The number of halogens is 1. The van der Waals surface area contributed by atoms with E-state index in [-0.39, 0.29) is 11.8 Å². The summed E-state index contributed by atoms with van der Waals surface area (Å²) < 4.78 is 5.34. The third kappa shape index (κ3) is 3.94. The number of rotatable bonds is 5. The number of hydrogen-bond acceptors (Lipinski definition) is 5. The summed E-state index contributed by atoms with van der Waals surface area (Å²) in [5, 5.41) is 4.65. The molecule has 0 radical (unpaired) electrons. The first-order valence-corrected chi connectivity index (χ1v) is 8.52. The van der Waals surface area contributed by atoms with Gasteiger partial charge in [0.25, 0.3) is 0 Å². The highest BCUT2D eigenvalue weighted by Crippen LogP contribution is 2.23. The fourth-order valence-corrected chi connectivity index (χ4v) is 3.25. The Balaban J connectivity index is 1.62. The molecular weight excluding hydrogens is 328 g/mol. The molecular formula is C17H21ClN4O2. The third-order valence-corrected chi connectivity index (χ3v) is 4.81. The second-order valence-corrected chi connectivity index (χ2v) is 6.73. The van der Waals surface area contributed by atoms with Gasteiger partial charge in [-0.1, -0.05) is 28.9 Å². The van der Waals surface area contributed by atoms with Gasteiger partial charge in [-0.2, -0.15) is 4.98 Å². The Morgan fingerprint density at radius 2 is 2.29 bits per heavy atom. The number of nitrogens with zero attached hydrogens (tertiary/aromatic N) is 3. The van der Waals surface area contributed by atoms with Crippen molar-refractivity contribution in [2.24, 2.45) is 11.7 Å². The summed E-state index contributed by atoms with van der Waals surface area (Å²) in [5.41, 5.74) is 6.28. The van der Waals surface area contributed by atoms with Gasteiger partial charge in [0.2, 0.25) is 17.6 Å². The highest BCUT2D eigenvalue weighted by molar-refractivity contribution is 6.30. The van der Waals surface area contributed by atoms with E-state index in [1.165, 1.54) is 0 Å². The maximum atomic E-state index is 11.4. The molecule has 2 N–H and O–H groups in total. The number of carbonyl (C=O) groups is 1. The molecule has 128 valence electrons. The highest BCUT2D eigenvalue weighted by Gasteiger charge is 2.28. The van der Waals surface area contributed by atoms with Gasteiger partial charge in [0.15, 0.2) is 0 Å². The standard InChI is InChI=1S/C17H21ClN4O2/c1-11-5-6-13(16(19)23)10-22(11)8-7-15-20-17(21-24-15)12-3-2-4-14(18)9-12/h2-4,9,11,13H,5-8,10H2,1H3,(H2,19,23)/t11-,13-/m0/s1. The molecule has 6 nitrogen and oxygen atoms in total. The molecule has 0 spiro atoms. The predicted octanol–water partition coefficient (Wildman–Crippen LogP) is 2.52. The van der Waals surface area contributed by atoms with Gasteiger partial charge in [-0.05, 0) is 31.9 Å². The molecule has 1 saturated heterocycles. The lowest BCUT2D eigenvalue weighted by atomic mass is 9.93. The van der Waals surface area contributed by atoms with Gasteiger partial charge in [0, 0.05) is 36.1 Å². The van der Waals surface area contributed by atoms with E-state index >= 15 is 0 Å². The van der Waals surface area contributed by atoms with Crippen LogP contribution < -0.4 is 5.73 Å². The van der Waals surface area contributed by atoms with Crippen molar-refractivity contribution in [1.82, 2.24) is 15.0 Å². The molecule has 0 unspecified atom stereocenters. The minimum Gasteiger partial charge on any atom is -0.369 e. The van der Waals surface area contributed by atoms with Gasteiger partial charge in [0.1, 0.15) is 0 Å². The molecule has 1 fully saturated rings. The van der Waals surface area contributed by atoms with Crippen molar-refractivity contribution in [3.63, 3.8) is 0 Å². The summed E-state index contributed by atoms with van der Waals surface area (Å²) in [6.45, 7) is 3.64. The quantitative estimate of drug-likeness (QED) is 0.897. The molecule has 0 aliphatic carbocycles. The summed E-state index contributed by atoms with van der Waals surface area (Å²) in [7, 11) is 0. The van der Waals surface area contributed by atoms with Crippen LogP contribution in [0.15, 0.2) is 28.8 Å². The molecule has 2 atom stereocenters. The number of piperidine rings is 1. The van der Waals surface area contributed by atoms with Gasteiger partial charge in [-0.3, -0.25) is 9.69 Å². The van der Waals surface area contributed by atoms with Crippen molar-refractivity contribution in [1.29, 1.82) is 0 Å². The topological polar surface area (TPSA) is 85.3 Å². The van der Waals surface area contributed by atoms with Gasteiger partial charge in [-0.15, -0.1) is 0 Å². The first-order chi connectivity index (χ1) is 11.5. The molecule has 2 aromatic rings. The number of carbonyl (C=O) groups excluding carboxylic acids is 1. The zero-order chi connectivity index (χ0) is 17.1. The van der Waals surface area contributed by atoms with Crippen LogP contribution in [-0.2, 0) is 11.2 Å². The van der Waals surface area contributed by atoms with E-state index in [9.17, 15) is 4.79 Å². The molecule has 1 amide bonds. The average molecular weight is 349 g/mol. The van der Waals surface area contributed by atoms with Crippen LogP contribution in [0.2, 0.25) is 5.02 Å². The van der Waals surface area contributed by atoms with Crippen molar-refractivity contribution in [2.45, 2.75) is 32.2 Å². The molecule has 0 bridgehead atoms. The van der Waals surface area contributed by atoms with Gasteiger partial charge < -0.3 is 10.3 Å². The molecule has 1 aromatic carbocycles. The van der Waals surface area contributed by atoms with E-state index in [1.54, 1.807) is 12.1 Å². The smallest absolute Gasteiger partial charge is 0.228 e. The highest BCUT2D eigenvalue weighted by atomic mass is 35.5. The Bertz CT molecular complexity index is 718. The lowest BCUT2D eigenvalue weighted by Crippen LogP contribution is -2.46. The SMILES string of the molecule is C[C@H]1CC[C@H](C(N)=O)CN1CCc1nc(-c2cccc(Cl)c2)no1. The van der Waals surface area contributed by atoms with Crippen LogP contribution in [0.1, 0.15) is 25.7 Å². The predicted molar refractivity (Wildman–Crippen MR) is 91.4 cm³/mol. The van der Waals surface area contributed by atoms with Crippen LogP contribution in [0.5, 0.6) is 0 Å². The lowest BCUT2D eigenvalue weighted by Gasteiger charge is -2.36. The van der Waals surface area contributed by atoms with Gasteiger partial charge in [-0.25, -0.2) is 0 Å². The summed E-state index contributed by atoms with van der Waals surface area (Å²) >= 11 is 5.99. The lowest BCUT2D eigenvalue weighted by molar-refractivity contribution is -0.123. The average Bonchev–Trinajstić information content (AvgIpc) is 3.03. The minimum atomic E-state index is -0.215. The number of primary amides is 1. The van der Waals surface area contributed by atoms with Crippen molar-refractivity contribution in [2.75, 3.05) is 13.1 Å². The van der Waals surface area contributed by atoms with Crippen molar-refractivity contribution >= 4 is 17.5 Å². The number of benzene rings is 1. The molecule has 3 rings (SSSR count). The Labute approximate surface area is 146 Å². The van der Waals surface area contributed by atoms with Crippen LogP contribution >= 0.6 is 11.6 Å². The molecule has 1 aliphatic rings. The van der Waals surface area contributed by atoms with Gasteiger partial charge >= 0.3 is 0 Å². The third-order valence-electron chi connectivity index (χ3n) is 4.58. The maximum Gasteiger partial charge on any atom is 0.228 e. The van der Waals surface area contributed by atoms with Crippen molar-refractivity contribution < 1.29 is 9.32 Å². The Kier molecular flexibility index (Phi) is 5.16. The van der Waals surface area contributed by atoms with Crippen molar-refractivity contribution in [3.05, 3.63) is 35.2 Å². The monoisotopic (exact) mass is 348 g/mol. The van der Waals surface area contributed by atoms with E-state index in [0.29, 0.717) is 35.7 Å². The van der Waals surface area contributed by atoms with E-state index in [2.05, 4.69) is 22.0 Å². The first-order valence-electron chi connectivity index (χ1n) is 8.15. The Hall–Kier alpha value is -1.92. The molecule has 7 heteroatoms. The van der Waals surface area contributed by atoms with Crippen LogP contribution in [0.3, 0.4) is 0 Å². The van der Waals surface area contributed by atoms with E-state index in [0.717, 1.165) is 24.9 Å². The fraction of sp³-hybridized carbons (Fsp3) is 0.471. The first kappa shape index (κ1) is 16.9. The van der Waals surface area contributed by atoms with Crippen LogP contribution in [-0.4, -0.2) is 40.1 Å². The minimum absolute atomic E-state index is 0.0640. The Morgan fingerprint density at radius 3 is 3.04 bits per heavy atom. The fourth-order valence-electron chi connectivity index (χ4n) is 3.06. The maximum absolute atomic E-state index is 11.4. The van der Waals surface area contributed by atoms with Crippen LogP contribution in [0.4, 0.5) is 0 Å². The van der Waals surface area contributed by atoms with Crippen LogP contribution in [0, 0.1) is 5.92 Å². The molecule has 24 heavy (non-hydrogen) atoms. The molecule has 1 aromatic heterocycles. The second-order valence-electron chi connectivity index (χ2n) is 6.29. The molecule has 1 aliphatic heterocycles. The molecule has 2 heterocycles. The Morgan fingerprint density at radius 1 is 1.46 bits per heavy atom. The molecule has 0 saturated carbocycles. The summed E-state index contributed by atoms with van der Waals surface area (Å²) in [4.78, 5) is 18.1. The summed E-state index contributed by atoms with van der Waals surface area (Å²) in [6.07, 6.45) is 2.49. The zero-order valence-electron chi connectivity index (χ0n) is 13.6. The van der Waals surface area contributed by atoms with Crippen molar-refractivity contribution in [3.8, 4) is 11.4 Å². The van der Waals surface area contributed by atoms with E-state index in [4.69, 9.17) is 21.9 Å². The zero-order valence-corrected chi connectivity index (χ0v) is 14.4. The van der Waals surface area contributed by atoms with E-state index < -0.39 is 0 Å². The van der Waals surface area contributed by atoms with Gasteiger partial charge in [0.05, 0.1) is 5.92 Å². The summed E-state index contributed by atoms with van der Waals surface area (Å²) in [6, 6.07) is 7.78. The second kappa shape index (κ2) is 7.32. The number of nitrogens with two attached hydrogens (primary N) is 1. The number of aromatic nitrogens is 2. The number of hydrogen-bond donors (Lipinski definition) is 1. The number of amides is 1.